The van der Waals surface area contributed by atoms with Crippen molar-refractivity contribution >= 4 is 17.2 Å². The van der Waals surface area contributed by atoms with Gasteiger partial charge >= 0.3 is 0 Å². The van der Waals surface area contributed by atoms with E-state index >= 15 is 0 Å². The molecule has 19 heavy (non-hydrogen) atoms. The van der Waals surface area contributed by atoms with Crippen LogP contribution in [0.1, 0.15) is 31.1 Å². The van der Waals surface area contributed by atoms with Gasteiger partial charge in [-0.15, -0.1) is 0 Å². The number of hydrogen-bond donors (Lipinski definition) is 3. The lowest BCUT2D eigenvalue weighted by molar-refractivity contribution is 0.535. The number of aryl methyl sites for hydroxylation is 1. The molecule has 0 aliphatic heterocycles. The van der Waals surface area contributed by atoms with Crippen molar-refractivity contribution in [3.8, 4) is 0 Å². The van der Waals surface area contributed by atoms with Crippen molar-refractivity contribution in [3.63, 3.8) is 0 Å². The standard InChI is InChI=1S/C14H21N5/c1-9(2)19-14(16)13(15)12(18-19)8-17-11-6-4-10(3)5-7-11/h4-7,9,17H,8,15-16H2,1-3H3. The predicted octanol–water partition coefficient (Wildman–Crippen LogP) is 2.55. The number of nitrogens with zero attached hydrogens (tertiary/aromatic N) is 2. The third kappa shape index (κ3) is 2.81. The second-order valence-corrected chi connectivity index (χ2v) is 5.00. The van der Waals surface area contributed by atoms with Crippen molar-refractivity contribution in [1.29, 1.82) is 0 Å². The van der Waals surface area contributed by atoms with Gasteiger partial charge in [-0.3, -0.25) is 0 Å². The van der Waals surface area contributed by atoms with E-state index in [-0.39, 0.29) is 6.04 Å². The van der Waals surface area contributed by atoms with Gasteiger partial charge in [-0.2, -0.15) is 5.10 Å². The van der Waals surface area contributed by atoms with Crippen molar-refractivity contribution < 1.29 is 0 Å². The molecule has 1 heterocycles. The lowest BCUT2D eigenvalue weighted by Crippen LogP contribution is -2.07. The van der Waals surface area contributed by atoms with Gasteiger partial charge in [-0.25, -0.2) is 4.68 Å². The minimum atomic E-state index is 0.204. The third-order valence-corrected chi connectivity index (χ3v) is 3.06. The van der Waals surface area contributed by atoms with Gasteiger partial charge in [-0.1, -0.05) is 17.7 Å². The molecule has 0 fully saturated rings. The normalized spacial score (nSPS) is 10.9. The second-order valence-electron chi connectivity index (χ2n) is 5.00. The number of rotatable bonds is 4. The molecule has 2 rings (SSSR count). The maximum absolute atomic E-state index is 5.98. The van der Waals surface area contributed by atoms with Gasteiger partial charge in [0, 0.05) is 11.7 Å². The highest BCUT2D eigenvalue weighted by Gasteiger charge is 2.14. The summed E-state index contributed by atoms with van der Waals surface area (Å²) in [5.41, 5.74) is 15.5. The van der Waals surface area contributed by atoms with Crippen molar-refractivity contribution in [3.05, 3.63) is 35.5 Å². The molecular weight excluding hydrogens is 238 g/mol. The van der Waals surface area contributed by atoms with E-state index in [1.165, 1.54) is 5.56 Å². The fourth-order valence-electron chi connectivity index (χ4n) is 1.89. The van der Waals surface area contributed by atoms with E-state index in [4.69, 9.17) is 11.5 Å². The first-order valence-corrected chi connectivity index (χ1v) is 6.42. The van der Waals surface area contributed by atoms with Crippen LogP contribution in [0.15, 0.2) is 24.3 Å². The Balaban J connectivity index is 2.11. The number of nitrogens with two attached hydrogens (primary N) is 2. The summed E-state index contributed by atoms with van der Waals surface area (Å²) < 4.78 is 1.75. The van der Waals surface area contributed by atoms with Crippen LogP contribution in [0.2, 0.25) is 0 Å². The third-order valence-electron chi connectivity index (χ3n) is 3.06. The van der Waals surface area contributed by atoms with Gasteiger partial charge in [0.15, 0.2) is 0 Å². The molecule has 0 amide bonds. The monoisotopic (exact) mass is 259 g/mol. The van der Waals surface area contributed by atoms with Gasteiger partial charge in [0.05, 0.1) is 12.2 Å². The molecule has 5 heteroatoms. The minimum absolute atomic E-state index is 0.204. The van der Waals surface area contributed by atoms with Crippen LogP contribution in [-0.2, 0) is 6.54 Å². The fraction of sp³-hybridized carbons (Fsp3) is 0.357. The minimum Gasteiger partial charge on any atom is -0.394 e. The Hall–Kier alpha value is -2.17. The lowest BCUT2D eigenvalue weighted by atomic mass is 10.2. The zero-order valence-electron chi connectivity index (χ0n) is 11.6. The molecule has 0 spiro atoms. The van der Waals surface area contributed by atoms with Crippen LogP contribution in [0.5, 0.6) is 0 Å². The summed E-state index contributed by atoms with van der Waals surface area (Å²) >= 11 is 0. The largest absolute Gasteiger partial charge is 0.394 e. The van der Waals surface area contributed by atoms with Crippen molar-refractivity contribution in [2.75, 3.05) is 16.8 Å². The number of nitrogens with one attached hydrogen (secondary N) is 1. The summed E-state index contributed by atoms with van der Waals surface area (Å²) in [5, 5.41) is 7.74. The zero-order chi connectivity index (χ0) is 14.0. The Morgan fingerprint density at radius 1 is 1.21 bits per heavy atom. The molecule has 0 saturated heterocycles. The summed E-state index contributed by atoms with van der Waals surface area (Å²) in [4.78, 5) is 0. The van der Waals surface area contributed by atoms with Crippen LogP contribution in [0.25, 0.3) is 0 Å². The van der Waals surface area contributed by atoms with Gasteiger partial charge in [0.2, 0.25) is 0 Å². The van der Waals surface area contributed by atoms with E-state index in [9.17, 15) is 0 Å². The van der Waals surface area contributed by atoms with Crippen molar-refractivity contribution in [2.45, 2.75) is 33.4 Å². The highest BCUT2D eigenvalue weighted by molar-refractivity contribution is 5.63. The van der Waals surface area contributed by atoms with Crippen LogP contribution in [-0.4, -0.2) is 9.78 Å². The van der Waals surface area contributed by atoms with E-state index in [0.29, 0.717) is 18.1 Å². The van der Waals surface area contributed by atoms with Gasteiger partial charge in [0.1, 0.15) is 11.5 Å². The quantitative estimate of drug-likeness (QED) is 0.788. The molecule has 1 aromatic carbocycles. The molecule has 5 nitrogen and oxygen atoms in total. The Bertz CT molecular complexity index is 554. The summed E-state index contributed by atoms with van der Waals surface area (Å²) in [6, 6.07) is 8.40. The number of hydrogen-bond acceptors (Lipinski definition) is 4. The highest BCUT2D eigenvalue weighted by Crippen LogP contribution is 2.23. The Morgan fingerprint density at radius 3 is 2.37 bits per heavy atom. The van der Waals surface area contributed by atoms with Gasteiger partial charge < -0.3 is 16.8 Å². The molecule has 2 aromatic rings. The average molecular weight is 259 g/mol. The molecule has 0 saturated carbocycles. The van der Waals surface area contributed by atoms with Crippen LogP contribution < -0.4 is 16.8 Å². The fourth-order valence-corrected chi connectivity index (χ4v) is 1.89. The average Bonchev–Trinajstić information content (AvgIpc) is 2.66. The Morgan fingerprint density at radius 2 is 1.84 bits per heavy atom. The molecule has 0 aliphatic rings. The number of nitrogen functional groups attached to an aromatic ring is 2. The molecular formula is C14H21N5. The molecule has 0 radical (unpaired) electrons. The number of anilines is 3. The summed E-state index contributed by atoms with van der Waals surface area (Å²) in [6.45, 7) is 6.69. The smallest absolute Gasteiger partial charge is 0.145 e. The van der Waals surface area contributed by atoms with Crippen LogP contribution >= 0.6 is 0 Å². The summed E-state index contributed by atoms with van der Waals surface area (Å²) in [7, 11) is 0. The van der Waals surface area contributed by atoms with Crippen molar-refractivity contribution in [2.24, 2.45) is 0 Å². The SMILES string of the molecule is Cc1ccc(NCc2nn(C(C)C)c(N)c2N)cc1. The Labute approximate surface area is 113 Å². The van der Waals surface area contributed by atoms with Crippen LogP contribution in [0.3, 0.4) is 0 Å². The van der Waals surface area contributed by atoms with Crippen molar-refractivity contribution in [1.82, 2.24) is 9.78 Å². The molecule has 5 N–H and O–H groups in total. The zero-order valence-corrected chi connectivity index (χ0v) is 11.6. The first-order chi connectivity index (χ1) is 8.99. The second kappa shape index (κ2) is 5.22. The van der Waals surface area contributed by atoms with E-state index in [0.717, 1.165) is 11.4 Å². The molecule has 0 unspecified atom stereocenters. The number of benzene rings is 1. The van der Waals surface area contributed by atoms with Gasteiger partial charge in [-0.05, 0) is 32.9 Å². The highest BCUT2D eigenvalue weighted by atomic mass is 15.3. The van der Waals surface area contributed by atoms with Crippen LogP contribution in [0.4, 0.5) is 17.2 Å². The first kappa shape index (κ1) is 13.3. The van der Waals surface area contributed by atoms with E-state index < -0.39 is 0 Å². The predicted molar refractivity (Wildman–Crippen MR) is 79.9 cm³/mol. The molecule has 0 bridgehead atoms. The number of aromatic nitrogens is 2. The molecule has 102 valence electrons. The van der Waals surface area contributed by atoms with Crippen LogP contribution in [0, 0.1) is 6.92 Å². The molecule has 1 aromatic heterocycles. The topological polar surface area (TPSA) is 81.9 Å². The maximum Gasteiger partial charge on any atom is 0.145 e. The first-order valence-electron chi connectivity index (χ1n) is 6.42. The Kier molecular flexibility index (Phi) is 3.64. The summed E-state index contributed by atoms with van der Waals surface area (Å²) in [5.74, 6) is 0.538. The lowest BCUT2D eigenvalue weighted by Gasteiger charge is -2.06. The van der Waals surface area contributed by atoms with E-state index in [1.807, 2.05) is 26.0 Å². The molecule has 0 atom stereocenters. The molecule has 0 aliphatic carbocycles. The van der Waals surface area contributed by atoms with Gasteiger partial charge in [0.25, 0.3) is 0 Å². The summed E-state index contributed by atoms with van der Waals surface area (Å²) in [6.07, 6.45) is 0. The van der Waals surface area contributed by atoms with E-state index in [1.54, 1.807) is 4.68 Å². The maximum atomic E-state index is 5.98. The van der Waals surface area contributed by atoms with E-state index in [2.05, 4.69) is 29.5 Å².